The Morgan fingerprint density at radius 3 is 2.67 bits per heavy atom. The molecule has 0 bridgehead atoms. The van der Waals surface area contributed by atoms with Crippen LogP contribution < -0.4 is 14.2 Å². The van der Waals surface area contributed by atoms with Crippen molar-refractivity contribution in [2.75, 3.05) is 13.2 Å². The minimum atomic E-state index is -3.61. The Labute approximate surface area is 234 Å². The molecule has 1 aromatic carbocycles. The van der Waals surface area contributed by atoms with Gasteiger partial charge in [-0.3, -0.25) is 0 Å². The zero-order chi connectivity index (χ0) is 27.0. The average Bonchev–Trinajstić information content (AvgIpc) is 3.71. The molecule has 6 rings (SSSR count). The minimum Gasteiger partial charge on any atom is -0.490 e. The quantitative estimate of drug-likeness (QED) is 0.392. The van der Waals surface area contributed by atoms with Crippen molar-refractivity contribution in [2.24, 2.45) is 5.92 Å². The highest BCUT2D eigenvalue weighted by molar-refractivity contribution is 7.87. The van der Waals surface area contributed by atoms with Crippen molar-refractivity contribution < 1.29 is 20.7 Å². The molecule has 39 heavy (non-hydrogen) atoms. The first kappa shape index (κ1) is 26.6. The number of benzene rings is 1. The third-order valence-corrected chi connectivity index (χ3v) is 9.90. The molecule has 2 atom stereocenters. The van der Waals surface area contributed by atoms with E-state index in [1.54, 1.807) is 0 Å². The molecule has 1 saturated heterocycles. The van der Waals surface area contributed by atoms with Gasteiger partial charge in [0.05, 0.1) is 30.0 Å². The van der Waals surface area contributed by atoms with E-state index in [9.17, 15) is 13.7 Å². The van der Waals surface area contributed by atoms with E-state index < -0.39 is 10.2 Å². The summed E-state index contributed by atoms with van der Waals surface area (Å²) >= 11 is 0. The van der Waals surface area contributed by atoms with Gasteiger partial charge in [0.2, 0.25) is 0 Å². The molecule has 9 heteroatoms. The smallest absolute Gasteiger partial charge is 0.277 e. The molecular formula is C30H42N4O4S. The summed E-state index contributed by atoms with van der Waals surface area (Å²) < 4.78 is 45.3. The maximum absolute atomic E-state index is 12.7. The third kappa shape index (κ3) is 5.80. The van der Waals surface area contributed by atoms with Crippen LogP contribution in [0.1, 0.15) is 84.9 Å². The van der Waals surface area contributed by atoms with E-state index in [0.29, 0.717) is 30.4 Å². The van der Waals surface area contributed by atoms with E-state index >= 15 is 0 Å². The van der Waals surface area contributed by atoms with Crippen molar-refractivity contribution >= 4 is 26.7 Å². The summed E-state index contributed by atoms with van der Waals surface area (Å²) in [6.45, 7) is 3.38. The van der Waals surface area contributed by atoms with Gasteiger partial charge < -0.3 is 14.0 Å². The van der Waals surface area contributed by atoms with Gasteiger partial charge >= 0.3 is 0 Å². The second-order valence-corrected chi connectivity index (χ2v) is 12.9. The SMILES string of the molecule is C[C@H](NS(=O)(=O)NC1C=CCC(c2c(C#N)c3ccc(OC4CCOCC4)cc3n2C2CCC2)=CC1)C1CC1.[HH].[HH]. The fourth-order valence-corrected chi connectivity index (χ4v) is 7.37. The van der Waals surface area contributed by atoms with Crippen LogP contribution in [0.15, 0.2) is 36.4 Å². The van der Waals surface area contributed by atoms with Crippen molar-refractivity contribution in [1.82, 2.24) is 14.0 Å². The number of hydrogen-bond acceptors (Lipinski definition) is 5. The highest BCUT2D eigenvalue weighted by Crippen LogP contribution is 2.43. The highest BCUT2D eigenvalue weighted by atomic mass is 32.2. The lowest BCUT2D eigenvalue weighted by atomic mass is 9.91. The monoisotopic (exact) mass is 554 g/mol. The molecule has 8 nitrogen and oxygen atoms in total. The molecule has 0 radical (unpaired) electrons. The van der Waals surface area contributed by atoms with E-state index in [-0.39, 0.29) is 21.0 Å². The Kier molecular flexibility index (Phi) is 7.56. The summed E-state index contributed by atoms with van der Waals surface area (Å²) in [4.78, 5) is 0. The van der Waals surface area contributed by atoms with Gasteiger partial charge in [0.15, 0.2) is 0 Å². The number of nitrogens with zero attached hydrogens (tertiary/aromatic N) is 2. The van der Waals surface area contributed by atoms with E-state index in [1.807, 2.05) is 31.2 Å². The van der Waals surface area contributed by atoms with Crippen LogP contribution >= 0.6 is 0 Å². The Morgan fingerprint density at radius 1 is 1.18 bits per heavy atom. The van der Waals surface area contributed by atoms with Gasteiger partial charge in [-0.25, -0.2) is 0 Å². The molecule has 212 valence electrons. The average molecular weight is 555 g/mol. The van der Waals surface area contributed by atoms with E-state index in [0.717, 1.165) is 79.7 Å². The van der Waals surface area contributed by atoms with Crippen molar-refractivity contribution in [1.29, 1.82) is 5.26 Å². The number of nitrogens with one attached hydrogen (secondary N) is 2. The zero-order valence-corrected chi connectivity index (χ0v) is 23.4. The van der Waals surface area contributed by atoms with Gasteiger partial charge in [-0.1, -0.05) is 18.2 Å². The van der Waals surface area contributed by atoms with Crippen LogP contribution in [0.4, 0.5) is 0 Å². The molecule has 1 aliphatic heterocycles. The van der Waals surface area contributed by atoms with Crippen molar-refractivity contribution in [3.63, 3.8) is 0 Å². The van der Waals surface area contributed by atoms with Crippen molar-refractivity contribution in [3.8, 4) is 11.8 Å². The summed E-state index contributed by atoms with van der Waals surface area (Å²) in [5.74, 6) is 1.28. The Bertz CT molecular complexity index is 1430. The number of rotatable bonds is 9. The molecule has 3 fully saturated rings. The molecule has 2 aromatic rings. The topological polar surface area (TPSA) is 105 Å². The summed E-state index contributed by atoms with van der Waals surface area (Å²) in [6, 6.07) is 8.57. The van der Waals surface area contributed by atoms with Gasteiger partial charge in [0.1, 0.15) is 17.9 Å². The van der Waals surface area contributed by atoms with E-state index in [4.69, 9.17) is 9.47 Å². The molecule has 3 aliphatic carbocycles. The largest absolute Gasteiger partial charge is 0.490 e. The number of ether oxygens (including phenoxy) is 2. The van der Waals surface area contributed by atoms with Crippen LogP contribution in [0, 0.1) is 17.2 Å². The minimum absolute atomic E-state index is 0. The molecule has 0 amide bonds. The first-order chi connectivity index (χ1) is 18.9. The normalized spacial score (nSPS) is 23.6. The lowest BCUT2D eigenvalue weighted by Gasteiger charge is -2.31. The van der Waals surface area contributed by atoms with Gasteiger partial charge in [-0.05, 0) is 75.5 Å². The maximum Gasteiger partial charge on any atom is 0.277 e. The van der Waals surface area contributed by atoms with Gasteiger partial charge in [0.25, 0.3) is 10.2 Å². The summed E-state index contributed by atoms with van der Waals surface area (Å²) in [6.07, 6.45) is 14.7. The Hall–Kier alpha value is -2.64. The van der Waals surface area contributed by atoms with Crippen molar-refractivity contribution in [2.45, 2.75) is 88.9 Å². The first-order valence-corrected chi connectivity index (χ1v) is 15.9. The van der Waals surface area contributed by atoms with Crippen LogP contribution in [-0.4, -0.2) is 44.4 Å². The third-order valence-electron chi connectivity index (χ3n) is 8.60. The molecule has 4 aliphatic rings. The molecule has 2 N–H and O–H groups in total. The lowest BCUT2D eigenvalue weighted by molar-refractivity contribution is 0.0256. The summed E-state index contributed by atoms with van der Waals surface area (Å²) in [5, 5.41) is 11.3. The molecule has 1 aromatic heterocycles. The van der Waals surface area contributed by atoms with Crippen LogP contribution in [0.5, 0.6) is 5.75 Å². The molecule has 2 heterocycles. The predicted octanol–water partition coefficient (Wildman–Crippen LogP) is 5.61. The van der Waals surface area contributed by atoms with Gasteiger partial charge in [-0.2, -0.15) is 23.1 Å². The fraction of sp³-hybridized carbons (Fsp3) is 0.567. The number of fused-ring (bicyclic) bond motifs is 1. The lowest BCUT2D eigenvalue weighted by Crippen LogP contribution is -2.45. The Morgan fingerprint density at radius 2 is 1.97 bits per heavy atom. The number of nitriles is 1. The van der Waals surface area contributed by atoms with Crippen LogP contribution in [0.25, 0.3) is 16.5 Å². The van der Waals surface area contributed by atoms with E-state index in [1.165, 1.54) is 6.42 Å². The first-order valence-electron chi connectivity index (χ1n) is 14.4. The fourth-order valence-electron chi connectivity index (χ4n) is 6.04. The Balaban J connectivity index is 0.00000194. The van der Waals surface area contributed by atoms with Crippen LogP contribution in [0.3, 0.4) is 0 Å². The van der Waals surface area contributed by atoms with Crippen molar-refractivity contribution in [3.05, 3.63) is 47.7 Å². The number of allylic oxidation sites excluding steroid dienone is 2. The number of hydrogen-bond donors (Lipinski definition) is 2. The summed E-state index contributed by atoms with van der Waals surface area (Å²) in [5.41, 5.74) is 3.77. The van der Waals surface area contributed by atoms with Crippen LogP contribution in [0.2, 0.25) is 0 Å². The molecule has 1 unspecified atom stereocenters. The van der Waals surface area contributed by atoms with E-state index in [2.05, 4.69) is 32.2 Å². The van der Waals surface area contributed by atoms with Gasteiger partial charge in [0, 0.05) is 45.3 Å². The summed E-state index contributed by atoms with van der Waals surface area (Å²) in [7, 11) is -3.61. The standard InChI is InChI=1S/C30H38N4O4S.2H2/c1-20(21-8-9-21)32-39(35,36)33-23-5-2-4-22(10-11-23)30-28(19-31)27-13-12-26(38-25-14-16-37-17-15-25)18-29(27)34(30)24-6-3-7-24;;/h2,5,10,12-13,18,20-21,23-25,32-33H,3-4,6-9,11,14-17H2,1H3;2*1H/t20-,23?;;/m0../s1. The second kappa shape index (κ2) is 11.1. The highest BCUT2D eigenvalue weighted by Gasteiger charge is 2.32. The molecular weight excluding hydrogens is 512 g/mol. The zero-order valence-electron chi connectivity index (χ0n) is 22.6. The number of aromatic nitrogens is 1. The second-order valence-electron chi connectivity index (χ2n) is 11.5. The molecule has 2 saturated carbocycles. The predicted molar refractivity (Wildman–Crippen MR) is 156 cm³/mol. The molecule has 0 spiro atoms. The van der Waals surface area contributed by atoms with Gasteiger partial charge in [-0.15, -0.1) is 0 Å². The van der Waals surface area contributed by atoms with Crippen LogP contribution in [-0.2, 0) is 14.9 Å². The maximum atomic E-state index is 12.7.